The van der Waals surface area contributed by atoms with Crippen molar-refractivity contribution in [2.24, 2.45) is 0 Å². The summed E-state index contributed by atoms with van der Waals surface area (Å²) in [5, 5.41) is 2.69. The van der Waals surface area contributed by atoms with Crippen LogP contribution < -0.4 is 19.1 Å². The number of hydrogen-bond donors (Lipinski definition) is 1. The number of likely N-dealkylation sites (N-methyl/N-ethyl adjacent to an activating group) is 1. The van der Waals surface area contributed by atoms with Crippen LogP contribution in [0.1, 0.15) is 32.3 Å². The lowest BCUT2D eigenvalue weighted by molar-refractivity contribution is -0.140. The third kappa shape index (κ3) is 6.87. The van der Waals surface area contributed by atoms with E-state index in [1.807, 2.05) is 0 Å². The molecule has 1 aliphatic rings. The molecular weight excluding hydrogens is 489 g/mol. The Kier molecular flexibility index (Phi) is 9.14. The van der Waals surface area contributed by atoms with Crippen molar-refractivity contribution in [3.63, 3.8) is 0 Å². The van der Waals surface area contributed by atoms with Crippen molar-refractivity contribution in [1.29, 1.82) is 0 Å². The van der Waals surface area contributed by atoms with Gasteiger partial charge in [0.25, 0.3) is 0 Å². The van der Waals surface area contributed by atoms with Crippen molar-refractivity contribution in [2.75, 3.05) is 36.9 Å². The summed E-state index contributed by atoms with van der Waals surface area (Å²) < 4.78 is 51.6. The van der Waals surface area contributed by atoms with Gasteiger partial charge in [0.05, 0.1) is 11.9 Å². The maximum absolute atomic E-state index is 14.3. The van der Waals surface area contributed by atoms with E-state index < -0.39 is 21.9 Å². The average molecular weight is 522 g/mol. The number of fused-ring (bicyclic) bond motifs is 1. The molecular formula is C25H32FN3O6S. The van der Waals surface area contributed by atoms with Crippen molar-refractivity contribution in [2.45, 2.75) is 39.3 Å². The summed E-state index contributed by atoms with van der Waals surface area (Å²) in [6.07, 6.45) is 1.25. The second-order valence-electron chi connectivity index (χ2n) is 8.45. The van der Waals surface area contributed by atoms with Gasteiger partial charge in [-0.3, -0.25) is 13.9 Å². The number of sulfonamides is 1. The molecule has 0 aromatic heterocycles. The Labute approximate surface area is 211 Å². The number of nitrogens with one attached hydrogen (secondary N) is 1. The van der Waals surface area contributed by atoms with Crippen molar-refractivity contribution >= 4 is 27.5 Å². The number of hydrogen-bond acceptors (Lipinski definition) is 6. The molecule has 0 aliphatic carbocycles. The van der Waals surface area contributed by atoms with E-state index in [0.29, 0.717) is 36.9 Å². The highest BCUT2D eigenvalue weighted by Gasteiger charge is 2.27. The number of amides is 2. The Morgan fingerprint density at radius 2 is 1.81 bits per heavy atom. The van der Waals surface area contributed by atoms with Gasteiger partial charge in [0.1, 0.15) is 25.1 Å². The summed E-state index contributed by atoms with van der Waals surface area (Å²) in [5.41, 5.74) is 0.684. The molecule has 0 saturated heterocycles. The highest BCUT2D eigenvalue weighted by atomic mass is 32.2. The molecule has 2 aromatic rings. The fraction of sp³-hybridized carbons (Fsp3) is 0.440. The maximum atomic E-state index is 14.3. The second kappa shape index (κ2) is 12.1. The zero-order valence-electron chi connectivity index (χ0n) is 20.7. The maximum Gasteiger partial charge on any atom is 0.242 e. The lowest BCUT2D eigenvalue weighted by Crippen LogP contribution is -2.47. The molecule has 2 aromatic carbocycles. The molecule has 1 N–H and O–H groups in total. The van der Waals surface area contributed by atoms with Crippen LogP contribution in [0.3, 0.4) is 0 Å². The van der Waals surface area contributed by atoms with Crippen LogP contribution in [0.2, 0.25) is 0 Å². The van der Waals surface area contributed by atoms with E-state index in [9.17, 15) is 22.4 Å². The fourth-order valence-corrected chi connectivity index (χ4v) is 4.86. The minimum atomic E-state index is -3.66. The smallest absolute Gasteiger partial charge is 0.242 e. The molecule has 0 radical (unpaired) electrons. The standard InChI is InChI=1S/C25H32FN3O6S/c1-4-27-25(31)18(2)28(17-19-8-5-6-9-21(19)26)24(30)10-7-13-29(36(3,32)33)20-11-12-22-23(16-20)35-15-14-34-22/h5-6,8-9,11-12,16,18H,4,7,10,13-15,17H2,1-3H3,(H,27,31)/t18-/m0/s1. The Balaban J connectivity index is 1.74. The van der Waals surface area contributed by atoms with Gasteiger partial charge in [0, 0.05) is 37.7 Å². The molecule has 1 heterocycles. The lowest BCUT2D eigenvalue weighted by Gasteiger charge is -2.29. The number of carbonyl (C=O) groups excluding carboxylic acids is 2. The fourth-order valence-electron chi connectivity index (χ4n) is 3.91. The third-order valence-electron chi connectivity index (χ3n) is 5.78. The molecule has 0 saturated carbocycles. The molecule has 2 amide bonds. The van der Waals surface area contributed by atoms with Crippen LogP contribution in [0.5, 0.6) is 11.5 Å². The zero-order valence-corrected chi connectivity index (χ0v) is 21.5. The summed E-state index contributed by atoms with van der Waals surface area (Å²) in [5.74, 6) is -0.212. The Bertz CT molecular complexity index is 1190. The normalized spacial score (nSPS) is 13.6. The van der Waals surface area contributed by atoms with Gasteiger partial charge < -0.3 is 19.7 Å². The first-order valence-electron chi connectivity index (χ1n) is 11.8. The highest BCUT2D eigenvalue weighted by molar-refractivity contribution is 7.92. The molecule has 3 rings (SSSR count). The quantitative estimate of drug-likeness (QED) is 0.488. The van der Waals surface area contributed by atoms with Crippen LogP contribution >= 0.6 is 0 Å². The first-order valence-corrected chi connectivity index (χ1v) is 13.6. The van der Waals surface area contributed by atoms with Gasteiger partial charge in [-0.2, -0.15) is 0 Å². The van der Waals surface area contributed by atoms with Crippen molar-refractivity contribution in [3.8, 4) is 11.5 Å². The third-order valence-corrected chi connectivity index (χ3v) is 6.98. The van der Waals surface area contributed by atoms with Gasteiger partial charge in [0.15, 0.2) is 11.5 Å². The van der Waals surface area contributed by atoms with Gasteiger partial charge in [-0.15, -0.1) is 0 Å². The Morgan fingerprint density at radius 1 is 1.11 bits per heavy atom. The van der Waals surface area contributed by atoms with E-state index in [-0.39, 0.29) is 43.3 Å². The van der Waals surface area contributed by atoms with E-state index in [4.69, 9.17) is 9.47 Å². The minimum absolute atomic E-state index is 0.0330. The van der Waals surface area contributed by atoms with Crippen LogP contribution in [-0.2, 0) is 26.2 Å². The monoisotopic (exact) mass is 521 g/mol. The van der Waals surface area contributed by atoms with E-state index in [0.717, 1.165) is 6.26 Å². The number of carbonyl (C=O) groups is 2. The van der Waals surface area contributed by atoms with Crippen molar-refractivity contribution in [1.82, 2.24) is 10.2 Å². The molecule has 1 atom stereocenters. The molecule has 1 aliphatic heterocycles. The predicted octanol–water partition coefficient (Wildman–Crippen LogP) is 2.70. The van der Waals surface area contributed by atoms with Gasteiger partial charge in [-0.05, 0) is 38.5 Å². The number of ether oxygens (including phenoxy) is 2. The summed E-state index contributed by atoms with van der Waals surface area (Å²) in [7, 11) is -3.66. The molecule has 0 fully saturated rings. The van der Waals surface area contributed by atoms with Crippen LogP contribution in [0, 0.1) is 5.82 Å². The zero-order chi connectivity index (χ0) is 26.3. The van der Waals surface area contributed by atoms with Gasteiger partial charge in [-0.1, -0.05) is 18.2 Å². The van der Waals surface area contributed by atoms with E-state index in [2.05, 4.69) is 5.32 Å². The number of halogens is 1. The topological polar surface area (TPSA) is 105 Å². The largest absolute Gasteiger partial charge is 0.486 e. The molecule has 0 spiro atoms. The van der Waals surface area contributed by atoms with Crippen LogP contribution in [-0.4, -0.2) is 63.7 Å². The Morgan fingerprint density at radius 3 is 2.47 bits per heavy atom. The lowest BCUT2D eigenvalue weighted by atomic mass is 10.1. The average Bonchev–Trinajstić information content (AvgIpc) is 2.84. The van der Waals surface area contributed by atoms with Crippen molar-refractivity contribution in [3.05, 3.63) is 53.8 Å². The van der Waals surface area contributed by atoms with Crippen LogP contribution in [0.25, 0.3) is 0 Å². The number of rotatable bonds is 11. The minimum Gasteiger partial charge on any atom is -0.486 e. The van der Waals surface area contributed by atoms with E-state index in [1.54, 1.807) is 50.2 Å². The molecule has 36 heavy (non-hydrogen) atoms. The number of anilines is 1. The predicted molar refractivity (Wildman–Crippen MR) is 134 cm³/mol. The molecule has 11 heteroatoms. The first-order chi connectivity index (χ1) is 17.1. The van der Waals surface area contributed by atoms with Crippen LogP contribution in [0.4, 0.5) is 10.1 Å². The molecule has 196 valence electrons. The molecule has 0 bridgehead atoms. The molecule has 0 unspecified atom stereocenters. The number of benzene rings is 2. The van der Waals surface area contributed by atoms with Crippen molar-refractivity contribution < 1.29 is 31.9 Å². The first kappa shape index (κ1) is 27.3. The van der Waals surface area contributed by atoms with E-state index in [1.165, 1.54) is 15.3 Å². The highest BCUT2D eigenvalue weighted by Crippen LogP contribution is 2.34. The summed E-state index contributed by atoms with van der Waals surface area (Å²) in [6.45, 7) is 4.49. The summed E-state index contributed by atoms with van der Waals surface area (Å²) in [4.78, 5) is 27.0. The van der Waals surface area contributed by atoms with Gasteiger partial charge in [0.2, 0.25) is 21.8 Å². The second-order valence-corrected chi connectivity index (χ2v) is 10.4. The summed E-state index contributed by atoms with van der Waals surface area (Å²) in [6, 6.07) is 10.1. The van der Waals surface area contributed by atoms with Gasteiger partial charge in [-0.25, -0.2) is 12.8 Å². The summed E-state index contributed by atoms with van der Waals surface area (Å²) >= 11 is 0. The van der Waals surface area contributed by atoms with E-state index >= 15 is 0 Å². The molecule has 9 nitrogen and oxygen atoms in total. The Hall–Kier alpha value is -3.34. The van der Waals surface area contributed by atoms with Gasteiger partial charge >= 0.3 is 0 Å². The SMILES string of the molecule is CCNC(=O)[C@H](C)N(Cc1ccccc1F)C(=O)CCCN(c1ccc2c(c1)OCCO2)S(C)(=O)=O. The van der Waals surface area contributed by atoms with Crippen LogP contribution in [0.15, 0.2) is 42.5 Å². The number of nitrogens with zero attached hydrogens (tertiary/aromatic N) is 2.